The van der Waals surface area contributed by atoms with Gasteiger partial charge in [-0.3, -0.25) is 0 Å². The summed E-state index contributed by atoms with van der Waals surface area (Å²) >= 11 is 0. The third-order valence-corrected chi connectivity index (χ3v) is 3.11. The second-order valence-corrected chi connectivity index (χ2v) is 4.66. The largest absolute Gasteiger partial charge is 0.383 e. The molecule has 1 aliphatic carbocycles. The molecule has 0 bridgehead atoms. The quantitative estimate of drug-likeness (QED) is 0.815. The van der Waals surface area contributed by atoms with E-state index in [-0.39, 0.29) is 6.04 Å². The SMILES string of the molecule is COCCN(c1ccc([C@@H](C)N)cn1)C1CC1. The average molecular weight is 235 g/mol. The van der Waals surface area contributed by atoms with E-state index in [4.69, 9.17) is 10.5 Å². The molecule has 0 saturated heterocycles. The molecule has 0 radical (unpaired) electrons. The van der Waals surface area contributed by atoms with Crippen LogP contribution in [0.2, 0.25) is 0 Å². The minimum Gasteiger partial charge on any atom is -0.383 e. The molecule has 2 N–H and O–H groups in total. The fourth-order valence-electron chi connectivity index (χ4n) is 1.90. The molecule has 1 aromatic heterocycles. The number of hydrogen-bond acceptors (Lipinski definition) is 4. The summed E-state index contributed by atoms with van der Waals surface area (Å²) in [4.78, 5) is 6.83. The Kier molecular flexibility index (Phi) is 3.97. The topological polar surface area (TPSA) is 51.4 Å². The van der Waals surface area contributed by atoms with Crippen molar-refractivity contribution in [2.75, 3.05) is 25.2 Å². The number of anilines is 1. The van der Waals surface area contributed by atoms with Gasteiger partial charge in [0, 0.05) is 31.9 Å². The van der Waals surface area contributed by atoms with E-state index in [0.717, 1.165) is 24.5 Å². The van der Waals surface area contributed by atoms with E-state index in [1.54, 1.807) is 7.11 Å². The zero-order chi connectivity index (χ0) is 12.3. The van der Waals surface area contributed by atoms with Crippen LogP contribution in [0.5, 0.6) is 0 Å². The molecule has 0 aromatic carbocycles. The Hall–Kier alpha value is -1.13. The summed E-state index contributed by atoms with van der Waals surface area (Å²) in [7, 11) is 1.73. The highest BCUT2D eigenvalue weighted by molar-refractivity contribution is 5.42. The van der Waals surface area contributed by atoms with Gasteiger partial charge in [0.25, 0.3) is 0 Å². The van der Waals surface area contributed by atoms with Gasteiger partial charge in [-0.1, -0.05) is 6.07 Å². The first-order chi connectivity index (χ1) is 8.22. The lowest BCUT2D eigenvalue weighted by Crippen LogP contribution is -2.30. The van der Waals surface area contributed by atoms with Crippen molar-refractivity contribution in [1.29, 1.82) is 0 Å². The lowest BCUT2D eigenvalue weighted by Gasteiger charge is -2.23. The van der Waals surface area contributed by atoms with Crippen LogP contribution in [0.3, 0.4) is 0 Å². The Morgan fingerprint density at radius 3 is 2.76 bits per heavy atom. The van der Waals surface area contributed by atoms with Crippen LogP contribution in [0.1, 0.15) is 31.4 Å². The van der Waals surface area contributed by atoms with E-state index in [2.05, 4.69) is 22.0 Å². The first-order valence-corrected chi connectivity index (χ1v) is 6.19. The normalized spacial score (nSPS) is 16.9. The average Bonchev–Trinajstić information content (AvgIpc) is 3.14. The van der Waals surface area contributed by atoms with Crippen molar-refractivity contribution in [2.45, 2.75) is 31.8 Å². The Balaban J connectivity index is 2.07. The fraction of sp³-hybridized carbons (Fsp3) is 0.615. The maximum Gasteiger partial charge on any atom is 0.128 e. The molecule has 1 atom stereocenters. The lowest BCUT2D eigenvalue weighted by molar-refractivity contribution is 0.204. The minimum atomic E-state index is 0.0462. The number of aromatic nitrogens is 1. The number of nitrogens with zero attached hydrogens (tertiary/aromatic N) is 2. The van der Waals surface area contributed by atoms with Crippen molar-refractivity contribution in [3.63, 3.8) is 0 Å². The summed E-state index contributed by atoms with van der Waals surface area (Å²) in [5.74, 6) is 1.04. The lowest BCUT2D eigenvalue weighted by atomic mass is 10.1. The van der Waals surface area contributed by atoms with Gasteiger partial charge in [-0.25, -0.2) is 4.98 Å². The van der Waals surface area contributed by atoms with Crippen LogP contribution >= 0.6 is 0 Å². The molecule has 2 rings (SSSR count). The van der Waals surface area contributed by atoms with Gasteiger partial charge in [-0.05, 0) is 31.4 Å². The Labute approximate surface area is 103 Å². The second-order valence-electron chi connectivity index (χ2n) is 4.66. The molecule has 0 amide bonds. The summed E-state index contributed by atoms with van der Waals surface area (Å²) in [6, 6.07) is 4.82. The van der Waals surface area contributed by atoms with Gasteiger partial charge in [0.15, 0.2) is 0 Å². The summed E-state index contributed by atoms with van der Waals surface area (Å²) in [6.45, 7) is 3.62. The van der Waals surface area contributed by atoms with Crippen molar-refractivity contribution in [2.24, 2.45) is 5.73 Å². The maximum absolute atomic E-state index is 5.82. The summed E-state index contributed by atoms with van der Waals surface area (Å²) in [5, 5.41) is 0. The molecule has 0 spiro atoms. The van der Waals surface area contributed by atoms with Gasteiger partial charge < -0.3 is 15.4 Å². The number of rotatable bonds is 6. The van der Waals surface area contributed by atoms with E-state index in [0.29, 0.717) is 6.04 Å². The van der Waals surface area contributed by atoms with E-state index in [1.807, 2.05) is 13.1 Å². The summed E-state index contributed by atoms with van der Waals surface area (Å²) in [5.41, 5.74) is 6.90. The van der Waals surface area contributed by atoms with E-state index in [9.17, 15) is 0 Å². The molecule has 1 aromatic rings. The Morgan fingerprint density at radius 2 is 2.29 bits per heavy atom. The van der Waals surface area contributed by atoms with Crippen LogP contribution in [-0.4, -0.2) is 31.3 Å². The van der Waals surface area contributed by atoms with Gasteiger partial charge in [-0.15, -0.1) is 0 Å². The zero-order valence-corrected chi connectivity index (χ0v) is 10.6. The van der Waals surface area contributed by atoms with Gasteiger partial charge in [0.1, 0.15) is 5.82 Å². The molecule has 1 saturated carbocycles. The smallest absolute Gasteiger partial charge is 0.128 e. The second kappa shape index (κ2) is 5.47. The maximum atomic E-state index is 5.82. The van der Waals surface area contributed by atoms with Crippen molar-refractivity contribution in [3.05, 3.63) is 23.9 Å². The summed E-state index contributed by atoms with van der Waals surface area (Å²) < 4.78 is 5.14. The first-order valence-electron chi connectivity index (χ1n) is 6.19. The standard InChI is InChI=1S/C13H21N3O/c1-10(14)11-3-6-13(15-9-11)16(7-8-17-2)12-4-5-12/h3,6,9-10,12H,4-5,7-8,14H2,1-2H3/t10-/m1/s1. The number of nitrogens with two attached hydrogens (primary N) is 1. The van der Waals surface area contributed by atoms with Crippen LogP contribution in [-0.2, 0) is 4.74 Å². The molecule has 0 unspecified atom stereocenters. The van der Waals surface area contributed by atoms with Crippen LogP contribution in [0.15, 0.2) is 18.3 Å². The van der Waals surface area contributed by atoms with Crippen molar-refractivity contribution >= 4 is 5.82 Å². The highest BCUT2D eigenvalue weighted by Gasteiger charge is 2.29. The van der Waals surface area contributed by atoms with Crippen LogP contribution in [0.4, 0.5) is 5.82 Å². The third kappa shape index (κ3) is 3.17. The molecule has 0 aliphatic heterocycles. The summed E-state index contributed by atoms with van der Waals surface area (Å²) in [6.07, 6.45) is 4.41. The Morgan fingerprint density at radius 1 is 1.53 bits per heavy atom. The molecule has 4 nitrogen and oxygen atoms in total. The molecule has 17 heavy (non-hydrogen) atoms. The molecule has 1 aliphatic rings. The predicted molar refractivity (Wildman–Crippen MR) is 69.1 cm³/mol. The van der Waals surface area contributed by atoms with Gasteiger partial charge in [-0.2, -0.15) is 0 Å². The highest BCUT2D eigenvalue weighted by atomic mass is 16.5. The van der Waals surface area contributed by atoms with E-state index in [1.165, 1.54) is 12.8 Å². The molecule has 94 valence electrons. The van der Waals surface area contributed by atoms with Crippen molar-refractivity contribution < 1.29 is 4.74 Å². The van der Waals surface area contributed by atoms with E-state index >= 15 is 0 Å². The fourth-order valence-corrected chi connectivity index (χ4v) is 1.90. The minimum absolute atomic E-state index is 0.0462. The van der Waals surface area contributed by atoms with Gasteiger partial charge >= 0.3 is 0 Å². The van der Waals surface area contributed by atoms with E-state index < -0.39 is 0 Å². The molecular formula is C13H21N3O. The Bertz CT molecular complexity index is 346. The highest BCUT2D eigenvalue weighted by Crippen LogP contribution is 2.30. The van der Waals surface area contributed by atoms with Gasteiger partial charge in [0.05, 0.1) is 6.61 Å². The predicted octanol–water partition coefficient (Wildman–Crippen LogP) is 1.72. The monoisotopic (exact) mass is 235 g/mol. The number of ether oxygens (including phenoxy) is 1. The zero-order valence-electron chi connectivity index (χ0n) is 10.6. The van der Waals surface area contributed by atoms with Crippen LogP contribution < -0.4 is 10.6 Å². The van der Waals surface area contributed by atoms with Crippen molar-refractivity contribution in [3.8, 4) is 0 Å². The van der Waals surface area contributed by atoms with Gasteiger partial charge in [0.2, 0.25) is 0 Å². The molecule has 1 fully saturated rings. The number of hydrogen-bond donors (Lipinski definition) is 1. The number of methoxy groups -OCH3 is 1. The molecular weight excluding hydrogens is 214 g/mol. The van der Waals surface area contributed by atoms with Crippen LogP contribution in [0.25, 0.3) is 0 Å². The third-order valence-electron chi connectivity index (χ3n) is 3.11. The van der Waals surface area contributed by atoms with Crippen molar-refractivity contribution in [1.82, 2.24) is 4.98 Å². The molecule has 1 heterocycles. The first kappa shape index (κ1) is 12.3. The van der Waals surface area contributed by atoms with Crippen LogP contribution in [0, 0.1) is 0 Å². The number of pyridine rings is 1. The molecule has 4 heteroatoms.